The molecule has 1 aliphatic rings. The van der Waals surface area contributed by atoms with Crippen molar-refractivity contribution in [3.05, 3.63) is 28.8 Å². The number of carbonyl (C=O) groups is 2. The summed E-state index contributed by atoms with van der Waals surface area (Å²) in [7, 11) is 0. The van der Waals surface area contributed by atoms with Crippen LogP contribution in [0.4, 0.5) is 5.69 Å². The van der Waals surface area contributed by atoms with Gasteiger partial charge in [-0.1, -0.05) is 17.7 Å². The third kappa shape index (κ3) is 4.86. The molecule has 1 aromatic carbocycles. The van der Waals surface area contributed by atoms with Gasteiger partial charge in [-0.2, -0.15) is 0 Å². The van der Waals surface area contributed by atoms with Crippen molar-refractivity contribution in [2.45, 2.75) is 31.8 Å². The van der Waals surface area contributed by atoms with Crippen LogP contribution in [0.1, 0.15) is 18.9 Å². The lowest BCUT2D eigenvalue weighted by molar-refractivity contribution is -0.128. The van der Waals surface area contributed by atoms with Gasteiger partial charge in [0.1, 0.15) is 5.50 Å². The summed E-state index contributed by atoms with van der Waals surface area (Å²) in [5.74, 6) is -0.318. The molecule has 0 spiro atoms. The maximum atomic E-state index is 12.1. The van der Waals surface area contributed by atoms with Crippen LogP contribution in [0.3, 0.4) is 0 Å². The molecule has 3 unspecified atom stereocenters. The van der Waals surface area contributed by atoms with Crippen LogP contribution in [0, 0.1) is 12.8 Å². The Morgan fingerprint density at radius 2 is 2.21 bits per heavy atom. The van der Waals surface area contributed by atoms with E-state index in [0.717, 1.165) is 5.56 Å². The highest BCUT2D eigenvalue weighted by atomic mass is 35.5. The molecule has 4 N–H and O–H groups in total. The number of thioether (sulfide) groups is 1. The number of carbonyl (C=O) groups excluding carboxylic acids is 2. The molecule has 8 heteroatoms. The van der Waals surface area contributed by atoms with Gasteiger partial charge in [-0.3, -0.25) is 14.9 Å². The van der Waals surface area contributed by atoms with Crippen molar-refractivity contribution in [2.24, 2.45) is 5.92 Å². The summed E-state index contributed by atoms with van der Waals surface area (Å²) < 4.78 is 0. The van der Waals surface area contributed by atoms with Crippen molar-refractivity contribution in [3.63, 3.8) is 0 Å². The number of amides is 2. The largest absolute Gasteiger partial charge is 0.396 e. The normalized spacial score (nSPS) is 23.7. The summed E-state index contributed by atoms with van der Waals surface area (Å²) in [4.78, 5) is 24.1. The lowest BCUT2D eigenvalue weighted by Crippen LogP contribution is -2.59. The quantitative estimate of drug-likeness (QED) is 0.611. The van der Waals surface area contributed by atoms with Crippen molar-refractivity contribution in [1.82, 2.24) is 10.6 Å². The molecule has 24 heavy (non-hydrogen) atoms. The van der Waals surface area contributed by atoms with Gasteiger partial charge in [-0.25, -0.2) is 0 Å². The van der Waals surface area contributed by atoms with Gasteiger partial charge in [0.05, 0.1) is 11.7 Å². The second kappa shape index (κ2) is 8.71. The first kappa shape index (κ1) is 19.1. The summed E-state index contributed by atoms with van der Waals surface area (Å²) in [6.45, 7) is 3.72. The Kier molecular flexibility index (Phi) is 6.91. The van der Waals surface area contributed by atoms with E-state index in [9.17, 15) is 9.59 Å². The number of halogens is 1. The summed E-state index contributed by atoms with van der Waals surface area (Å²) in [6, 6.07) is 5.30. The van der Waals surface area contributed by atoms with Gasteiger partial charge in [0.15, 0.2) is 0 Å². The molecule has 0 saturated carbocycles. The smallest absolute Gasteiger partial charge is 0.234 e. The molecule has 132 valence electrons. The van der Waals surface area contributed by atoms with Gasteiger partial charge in [-0.15, -0.1) is 11.8 Å². The molecule has 3 atom stereocenters. The maximum Gasteiger partial charge on any atom is 0.234 e. The van der Waals surface area contributed by atoms with E-state index in [2.05, 4.69) is 16.0 Å². The molecule has 6 nitrogen and oxygen atoms in total. The standard InChI is InChI=1S/C16H22ClN3O3S/c1-9-12(17)4-3-5-13(9)19-14(22)8-24-16-18-10(2)11(6-7-21)15(23)20-16/h3-5,10-11,16,18,21H,6-8H2,1-2H3,(H,19,22)(H,20,23). The molecule has 1 heterocycles. The first-order chi connectivity index (χ1) is 11.4. The number of benzene rings is 1. The average molecular weight is 372 g/mol. The van der Waals surface area contributed by atoms with Crippen molar-refractivity contribution in [3.8, 4) is 0 Å². The molecule has 0 aromatic heterocycles. The van der Waals surface area contributed by atoms with Crippen molar-refractivity contribution >= 4 is 40.9 Å². The van der Waals surface area contributed by atoms with Gasteiger partial charge >= 0.3 is 0 Å². The van der Waals surface area contributed by atoms with Gasteiger partial charge in [0.25, 0.3) is 0 Å². The lowest BCUT2D eigenvalue weighted by atomic mass is 9.95. The maximum absolute atomic E-state index is 12.1. The molecule has 2 rings (SSSR count). The molecule has 1 aliphatic heterocycles. The van der Waals surface area contributed by atoms with E-state index >= 15 is 0 Å². The number of aliphatic hydroxyl groups excluding tert-OH is 1. The van der Waals surface area contributed by atoms with Gasteiger partial charge in [-0.05, 0) is 38.0 Å². The zero-order valence-electron chi connectivity index (χ0n) is 13.6. The van der Waals surface area contributed by atoms with Crippen LogP contribution < -0.4 is 16.0 Å². The Bertz CT molecular complexity index is 614. The number of nitrogens with one attached hydrogen (secondary N) is 3. The predicted octanol–water partition coefficient (Wildman–Crippen LogP) is 1.71. The zero-order valence-corrected chi connectivity index (χ0v) is 15.2. The molecule has 0 radical (unpaired) electrons. The highest BCUT2D eigenvalue weighted by Crippen LogP contribution is 2.23. The summed E-state index contributed by atoms with van der Waals surface area (Å²) in [5.41, 5.74) is 1.18. The fraction of sp³-hybridized carbons (Fsp3) is 0.500. The number of anilines is 1. The number of rotatable bonds is 6. The fourth-order valence-corrected chi connectivity index (χ4v) is 3.63. The molecule has 2 amide bonds. The van der Waals surface area contributed by atoms with Crippen LogP contribution in [0.5, 0.6) is 0 Å². The molecule has 0 aliphatic carbocycles. The monoisotopic (exact) mass is 371 g/mol. The summed E-state index contributed by atoms with van der Waals surface area (Å²) >= 11 is 7.35. The highest BCUT2D eigenvalue weighted by Gasteiger charge is 2.33. The minimum atomic E-state index is -0.325. The van der Waals surface area contributed by atoms with Crippen LogP contribution in [0.2, 0.25) is 5.02 Å². The van der Waals surface area contributed by atoms with Gasteiger partial charge < -0.3 is 15.7 Å². The first-order valence-corrected chi connectivity index (χ1v) is 9.19. The Hall–Kier alpha value is -1.28. The van der Waals surface area contributed by atoms with Crippen LogP contribution in [0.15, 0.2) is 18.2 Å². The fourth-order valence-electron chi connectivity index (χ4n) is 2.56. The molecule has 1 saturated heterocycles. The van der Waals surface area contributed by atoms with Crippen molar-refractivity contribution in [1.29, 1.82) is 0 Å². The van der Waals surface area contributed by atoms with Crippen molar-refractivity contribution < 1.29 is 14.7 Å². The molecular weight excluding hydrogens is 350 g/mol. The van der Waals surface area contributed by atoms with E-state index in [-0.39, 0.29) is 41.6 Å². The van der Waals surface area contributed by atoms with E-state index in [0.29, 0.717) is 17.1 Å². The molecule has 0 bridgehead atoms. The SMILES string of the molecule is Cc1c(Cl)cccc1NC(=O)CSC1NC(=O)C(CCO)C(C)N1. The molecular formula is C16H22ClN3O3S. The Morgan fingerprint density at radius 1 is 1.46 bits per heavy atom. The topological polar surface area (TPSA) is 90.5 Å². The van der Waals surface area contributed by atoms with Crippen LogP contribution >= 0.6 is 23.4 Å². The second-order valence-corrected chi connectivity index (χ2v) is 7.23. The number of aliphatic hydroxyl groups is 1. The Labute approximate surface area is 150 Å². The lowest BCUT2D eigenvalue weighted by Gasteiger charge is -2.35. The predicted molar refractivity (Wildman–Crippen MR) is 97.0 cm³/mol. The van der Waals surface area contributed by atoms with Crippen LogP contribution in [-0.4, -0.2) is 40.8 Å². The Balaban J connectivity index is 1.84. The second-order valence-electron chi connectivity index (χ2n) is 5.73. The van der Waals surface area contributed by atoms with Gasteiger partial charge in [0, 0.05) is 23.4 Å². The van der Waals surface area contributed by atoms with Gasteiger partial charge in [0.2, 0.25) is 11.8 Å². The highest BCUT2D eigenvalue weighted by molar-refractivity contribution is 8.00. The van der Waals surface area contributed by atoms with E-state index in [1.807, 2.05) is 13.8 Å². The van der Waals surface area contributed by atoms with E-state index in [1.54, 1.807) is 18.2 Å². The van der Waals surface area contributed by atoms with Crippen molar-refractivity contribution in [2.75, 3.05) is 17.7 Å². The Morgan fingerprint density at radius 3 is 2.88 bits per heavy atom. The first-order valence-electron chi connectivity index (χ1n) is 7.76. The zero-order chi connectivity index (χ0) is 17.7. The third-order valence-electron chi connectivity index (χ3n) is 3.99. The third-order valence-corrected chi connectivity index (χ3v) is 5.42. The average Bonchev–Trinajstić information content (AvgIpc) is 2.53. The van der Waals surface area contributed by atoms with E-state index in [4.69, 9.17) is 16.7 Å². The number of hydrogen-bond donors (Lipinski definition) is 4. The van der Waals surface area contributed by atoms with E-state index in [1.165, 1.54) is 11.8 Å². The van der Waals surface area contributed by atoms with Crippen LogP contribution in [0.25, 0.3) is 0 Å². The minimum Gasteiger partial charge on any atom is -0.396 e. The summed E-state index contributed by atoms with van der Waals surface area (Å²) in [6.07, 6.45) is 0.423. The minimum absolute atomic E-state index is 0.0245. The molecule has 1 aromatic rings. The van der Waals surface area contributed by atoms with Crippen LogP contribution in [-0.2, 0) is 9.59 Å². The summed E-state index contributed by atoms with van der Waals surface area (Å²) in [5, 5.41) is 18.5. The molecule has 1 fully saturated rings. The van der Waals surface area contributed by atoms with E-state index < -0.39 is 0 Å². The number of hydrogen-bond acceptors (Lipinski definition) is 5.